The second-order valence-corrected chi connectivity index (χ2v) is 3.48. The smallest absolute Gasteiger partial charge is 0.337 e. The molecule has 4 heteroatoms. The fraction of sp³-hybridized carbons (Fsp3) is 0.417. The Labute approximate surface area is 95.2 Å². The van der Waals surface area contributed by atoms with Crippen molar-refractivity contribution in [1.29, 1.82) is 0 Å². The molecule has 0 saturated heterocycles. The van der Waals surface area contributed by atoms with Crippen LogP contribution in [0.3, 0.4) is 0 Å². The summed E-state index contributed by atoms with van der Waals surface area (Å²) in [5.74, 6) is -0.903. The molecule has 0 fully saturated rings. The molecule has 0 spiro atoms. The normalized spacial score (nSPS) is 10.1. The zero-order valence-electron chi connectivity index (χ0n) is 9.40. The molecule has 0 amide bonds. The Morgan fingerprint density at radius 3 is 2.81 bits per heavy atom. The van der Waals surface area contributed by atoms with Gasteiger partial charge in [0.25, 0.3) is 0 Å². The zero-order chi connectivity index (χ0) is 11.8. The minimum Gasteiger partial charge on any atom is -0.478 e. The van der Waals surface area contributed by atoms with Gasteiger partial charge in [-0.1, -0.05) is 12.1 Å². The average molecular weight is 223 g/mol. The van der Waals surface area contributed by atoms with Crippen LogP contribution >= 0.6 is 0 Å². The van der Waals surface area contributed by atoms with Gasteiger partial charge in [-0.05, 0) is 25.0 Å². The quantitative estimate of drug-likeness (QED) is 0.696. The Kier molecular flexibility index (Phi) is 5.36. The highest BCUT2D eigenvalue weighted by Crippen LogP contribution is 2.14. The Morgan fingerprint density at radius 2 is 2.12 bits per heavy atom. The monoisotopic (exact) mass is 223 g/mol. The number of carboxylic acids is 1. The number of rotatable bonds is 7. The van der Waals surface area contributed by atoms with Gasteiger partial charge >= 0.3 is 5.97 Å². The first-order valence-electron chi connectivity index (χ1n) is 5.31. The van der Waals surface area contributed by atoms with Gasteiger partial charge in [-0.2, -0.15) is 0 Å². The van der Waals surface area contributed by atoms with Crippen LogP contribution in [0.15, 0.2) is 24.3 Å². The lowest BCUT2D eigenvalue weighted by Crippen LogP contribution is -2.08. The standard InChI is InChI=1S/C12H17NO3/c1-16-9-5-4-8-13-11-7-3-2-6-10(11)12(14)15/h2-3,6-7,13H,4-5,8-9H2,1H3,(H,14,15). The average Bonchev–Trinajstić information content (AvgIpc) is 2.29. The number of carboxylic acid groups (broad SMARTS) is 1. The molecule has 2 N–H and O–H groups in total. The molecular weight excluding hydrogens is 206 g/mol. The number of methoxy groups -OCH3 is 1. The number of para-hydroxylation sites is 1. The van der Waals surface area contributed by atoms with Crippen molar-refractivity contribution in [3.63, 3.8) is 0 Å². The molecule has 0 aromatic heterocycles. The zero-order valence-corrected chi connectivity index (χ0v) is 9.40. The van der Waals surface area contributed by atoms with Gasteiger partial charge in [-0.25, -0.2) is 4.79 Å². The molecule has 1 aromatic carbocycles. The minimum atomic E-state index is -0.903. The molecule has 0 bridgehead atoms. The lowest BCUT2D eigenvalue weighted by Gasteiger charge is -2.08. The SMILES string of the molecule is COCCCCNc1ccccc1C(=O)O. The maximum atomic E-state index is 10.9. The van der Waals surface area contributed by atoms with E-state index in [1.165, 1.54) is 0 Å². The van der Waals surface area contributed by atoms with Crippen molar-refractivity contribution in [1.82, 2.24) is 0 Å². The summed E-state index contributed by atoms with van der Waals surface area (Å²) >= 11 is 0. The molecule has 88 valence electrons. The van der Waals surface area contributed by atoms with Gasteiger partial charge in [0.05, 0.1) is 5.56 Å². The summed E-state index contributed by atoms with van der Waals surface area (Å²) in [6.45, 7) is 1.50. The molecule has 0 heterocycles. The van der Waals surface area contributed by atoms with E-state index >= 15 is 0 Å². The number of anilines is 1. The molecule has 0 aliphatic carbocycles. The Morgan fingerprint density at radius 1 is 1.38 bits per heavy atom. The second-order valence-electron chi connectivity index (χ2n) is 3.48. The molecule has 16 heavy (non-hydrogen) atoms. The van der Waals surface area contributed by atoms with Crippen LogP contribution in [0.5, 0.6) is 0 Å². The number of aromatic carboxylic acids is 1. The van der Waals surface area contributed by atoms with E-state index in [1.54, 1.807) is 25.3 Å². The van der Waals surface area contributed by atoms with E-state index < -0.39 is 5.97 Å². The number of hydrogen-bond donors (Lipinski definition) is 2. The van der Waals surface area contributed by atoms with Gasteiger partial charge in [0.1, 0.15) is 0 Å². The van der Waals surface area contributed by atoms with Crippen LogP contribution in [-0.4, -0.2) is 31.3 Å². The fourth-order valence-electron chi connectivity index (χ4n) is 1.42. The van der Waals surface area contributed by atoms with Crippen LogP contribution in [0.25, 0.3) is 0 Å². The van der Waals surface area contributed by atoms with Crippen molar-refractivity contribution in [3.05, 3.63) is 29.8 Å². The summed E-state index contributed by atoms with van der Waals surface area (Å²) in [5.41, 5.74) is 0.988. The Balaban J connectivity index is 2.44. The maximum Gasteiger partial charge on any atom is 0.337 e. The van der Waals surface area contributed by atoms with E-state index in [9.17, 15) is 4.79 Å². The van der Waals surface area contributed by atoms with E-state index in [-0.39, 0.29) is 0 Å². The number of benzene rings is 1. The summed E-state index contributed by atoms with van der Waals surface area (Å²) < 4.78 is 4.93. The van der Waals surface area contributed by atoms with E-state index in [0.717, 1.165) is 26.0 Å². The number of ether oxygens (including phenoxy) is 1. The van der Waals surface area contributed by atoms with Crippen LogP contribution in [0, 0.1) is 0 Å². The number of hydrogen-bond acceptors (Lipinski definition) is 3. The molecule has 0 atom stereocenters. The van der Waals surface area contributed by atoms with Crippen molar-refractivity contribution in [2.75, 3.05) is 25.6 Å². The molecule has 0 unspecified atom stereocenters. The number of unbranched alkanes of at least 4 members (excludes halogenated alkanes) is 1. The predicted molar refractivity (Wildman–Crippen MR) is 63.0 cm³/mol. The highest BCUT2D eigenvalue weighted by atomic mass is 16.5. The molecule has 4 nitrogen and oxygen atoms in total. The highest BCUT2D eigenvalue weighted by Gasteiger charge is 2.07. The molecule has 0 saturated carbocycles. The van der Waals surface area contributed by atoms with Gasteiger partial charge in [0, 0.05) is 25.9 Å². The Bertz CT molecular complexity index is 339. The van der Waals surface area contributed by atoms with Gasteiger partial charge in [-0.3, -0.25) is 0 Å². The van der Waals surface area contributed by atoms with Crippen molar-refractivity contribution < 1.29 is 14.6 Å². The van der Waals surface area contributed by atoms with Crippen molar-refractivity contribution in [3.8, 4) is 0 Å². The second kappa shape index (κ2) is 6.85. The van der Waals surface area contributed by atoms with Crippen molar-refractivity contribution in [2.45, 2.75) is 12.8 Å². The molecule has 1 rings (SSSR count). The number of carbonyl (C=O) groups is 1. The summed E-state index contributed by atoms with van der Waals surface area (Å²) in [5, 5.41) is 12.1. The third-order valence-electron chi connectivity index (χ3n) is 2.25. The van der Waals surface area contributed by atoms with Gasteiger partial charge < -0.3 is 15.2 Å². The third kappa shape index (κ3) is 3.90. The maximum absolute atomic E-state index is 10.9. The van der Waals surface area contributed by atoms with Crippen LogP contribution in [0.4, 0.5) is 5.69 Å². The van der Waals surface area contributed by atoms with Crippen molar-refractivity contribution >= 4 is 11.7 Å². The lowest BCUT2D eigenvalue weighted by atomic mass is 10.2. The first-order chi connectivity index (χ1) is 7.75. The summed E-state index contributed by atoms with van der Waals surface area (Å²) in [7, 11) is 1.67. The van der Waals surface area contributed by atoms with E-state index in [0.29, 0.717) is 11.3 Å². The van der Waals surface area contributed by atoms with Crippen molar-refractivity contribution in [2.24, 2.45) is 0 Å². The molecular formula is C12H17NO3. The summed E-state index contributed by atoms with van der Waals surface area (Å²) in [6, 6.07) is 6.92. The molecule has 0 aliphatic rings. The van der Waals surface area contributed by atoms with E-state index in [4.69, 9.17) is 9.84 Å². The molecule has 0 aliphatic heterocycles. The topological polar surface area (TPSA) is 58.6 Å². The first kappa shape index (κ1) is 12.5. The summed E-state index contributed by atoms with van der Waals surface area (Å²) in [6.07, 6.45) is 1.93. The summed E-state index contributed by atoms with van der Waals surface area (Å²) in [4.78, 5) is 10.9. The van der Waals surface area contributed by atoms with Crippen LogP contribution in [0.1, 0.15) is 23.2 Å². The lowest BCUT2D eigenvalue weighted by molar-refractivity contribution is 0.0698. The number of nitrogens with one attached hydrogen (secondary N) is 1. The van der Waals surface area contributed by atoms with Gasteiger partial charge in [0.15, 0.2) is 0 Å². The molecule has 1 aromatic rings. The Hall–Kier alpha value is -1.55. The first-order valence-corrected chi connectivity index (χ1v) is 5.31. The fourth-order valence-corrected chi connectivity index (χ4v) is 1.42. The predicted octanol–water partition coefficient (Wildman–Crippen LogP) is 2.22. The largest absolute Gasteiger partial charge is 0.478 e. The highest BCUT2D eigenvalue weighted by molar-refractivity contribution is 5.94. The van der Waals surface area contributed by atoms with Gasteiger partial charge in [0.2, 0.25) is 0 Å². The van der Waals surface area contributed by atoms with Crippen LogP contribution in [-0.2, 0) is 4.74 Å². The minimum absolute atomic E-state index is 0.314. The third-order valence-corrected chi connectivity index (χ3v) is 2.25. The van der Waals surface area contributed by atoms with Gasteiger partial charge in [-0.15, -0.1) is 0 Å². The van der Waals surface area contributed by atoms with Crippen LogP contribution < -0.4 is 5.32 Å². The molecule has 0 radical (unpaired) electrons. The van der Waals surface area contributed by atoms with E-state index in [2.05, 4.69) is 5.32 Å². The van der Waals surface area contributed by atoms with E-state index in [1.807, 2.05) is 6.07 Å². The van der Waals surface area contributed by atoms with Crippen LogP contribution in [0.2, 0.25) is 0 Å².